The number of methoxy groups -OCH3 is 1. The SMILES string of the molecule is COc1ccc(OCCNC(=O)c2sc3nnc(C(C)C)n3c2C)cc1. The van der Waals surface area contributed by atoms with Gasteiger partial charge in [0.1, 0.15) is 28.8 Å². The van der Waals surface area contributed by atoms with Crippen LogP contribution in [0.4, 0.5) is 0 Å². The van der Waals surface area contributed by atoms with Crippen molar-refractivity contribution in [3.05, 3.63) is 40.7 Å². The minimum atomic E-state index is -0.119. The molecule has 0 radical (unpaired) electrons. The zero-order chi connectivity index (χ0) is 18.7. The second-order valence-corrected chi connectivity index (χ2v) is 7.10. The molecular weight excluding hydrogens is 352 g/mol. The van der Waals surface area contributed by atoms with E-state index in [1.54, 1.807) is 7.11 Å². The van der Waals surface area contributed by atoms with E-state index in [0.29, 0.717) is 18.0 Å². The molecule has 0 spiro atoms. The number of carbonyl (C=O) groups excluding carboxylic acids is 1. The number of carbonyl (C=O) groups is 1. The highest BCUT2D eigenvalue weighted by Crippen LogP contribution is 2.25. The normalized spacial score (nSPS) is 11.1. The third-order valence-corrected chi connectivity index (χ3v) is 5.09. The van der Waals surface area contributed by atoms with E-state index in [1.165, 1.54) is 11.3 Å². The van der Waals surface area contributed by atoms with Gasteiger partial charge in [-0.05, 0) is 31.2 Å². The van der Waals surface area contributed by atoms with Crippen LogP contribution in [0.15, 0.2) is 24.3 Å². The van der Waals surface area contributed by atoms with Crippen LogP contribution in [0.2, 0.25) is 0 Å². The van der Waals surface area contributed by atoms with Crippen LogP contribution in [0, 0.1) is 6.92 Å². The summed E-state index contributed by atoms with van der Waals surface area (Å²) < 4.78 is 12.7. The van der Waals surface area contributed by atoms with Crippen LogP contribution < -0.4 is 14.8 Å². The van der Waals surface area contributed by atoms with Gasteiger partial charge in [-0.1, -0.05) is 25.2 Å². The lowest BCUT2D eigenvalue weighted by Crippen LogP contribution is -2.28. The summed E-state index contributed by atoms with van der Waals surface area (Å²) in [5.74, 6) is 2.51. The molecule has 7 nitrogen and oxygen atoms in total. The Morgan fingerprint density at radius 3 is 2.58 bits per heavy atom. The van der Waals surface area contributed by atoms with Gasteiger partial charge in [-0.15, -0.1) is 10.2 Å². The second-order valence-electron chi connectivity index (χ2n) is 6.13. The van der Waals surface area contributed by atoms with E-state index in [-0.39, 0.29) is 11.8 Å². The molecule has 0 fully saturated rings. The lowest BCUT2D eigenvalue weighted by molar-refractivity contribution is 0.0950. The molecule has 0 atom stereocenters. The first-order valence-electron chi connectivity index (χ1n) is 8.40. The molecule has 138 valence electrons. The lowest BCUT2D eigenvalue weighted by atomic mass is 10.2. The Labute approximate surface area is 156 Å². The molecule has 26 heavy (non-hydrogen) atoms. The maximum Gasteiger partial charge on any atom is 0.263 e. The average molecular weight is 374 g/mol. The molecule has 3 aromatic rings. The quantitative estimate of drug-likeness (QED) is 0.643. The molecule has 2 aromatic heterocycles. The molecule has 1 amide bonds. The highest BCUT2D eigenvalue weighted by atomic mass is 32.1. The molecule has 0 saturated heterocycles. The Balaban J connectivity index is 1.58. The smallest absolute Gasteiger partial charge is 0.263 e. The first-order valence-corrected chi connectivity index (χ1v) is 9.22. The number of fused-ring (bicyclic) bond motifs is 1. The van der Waals surface area contributed by atoms with E-state index in [2.05, 4.69) is 29.4 Å². The summed E-state index contributed by atoms with van der Waals surface area (Å²) in [6, 6.07) is 7.33. The van der Waals surface area contributed by atoms with Crippen molar-refractivity contribution in [2.75, 3.05) is 20.3 Å². The fourth-order valence-corrected chi connectivity index (χ4v) is 3.59. The van der Waals surface area contributed by atoms with Crippen molar-refractivity contribution in [2.24, 2.45) is 0 Å². The number of nitrogens with one attached hydrogen (secondary N) is 1. The van der Waals surface area contributed by atoms with Crippen molar-refractivity contribution in [2.45, 2.75) is 26.7 Å². The number of benzene rings is 1. The summed E-state index contributed by atoms with van der Waals surface area (Å²) in [4.78, 5) is 13.9. The van der Waals surface area contributed by atoms with Crippen LogP contribution in [0.25, 0.3) is 4.96 Å². The van der Waals surface area contributed by atoms with Crippen molar-refractivity contribution in [3.63, 3.8) is 0 Å². The number of hydrogen-bond donors (Lipinski definition) is 1. The Morgan fingerprint density at radius 2 is 1.92 bits per heavy atom. The van der Waals surface area contributed by atoms with E-state index in [4.69, 9.17) is 9.47 Å². The topological polar surface area (TPSA) is 77.8 Å². The van der Waals surface area contributed by atoms with E-state index < -0.39 is 0 Å². The van der Waals surface area contributed by atoms with Crippen molar-refractivity contribution in [1.82, 2.24) is 19.9 Å². The third kappa shape index (κ3) is 3.65. The first-order chi connectivity index (χ1) is 12.5. The zero-order valence-corrected chi connectivity index (χ0v) is 16.1. The second kappa shape index (κ2) is 7.74. The summed E-state index contributed by atoms with van der Waals surface area (Å²) in [5, 5.41) is 11.3. The van der Waals surface area contributed by atoms with E-state index in [1.807, 2.05) is 35.6 Å². The molecule has 0 saturated carbocycles. The molecule has 1 N–H and O–H groups in total. The number of hydrogen-bond acceptors (Lipinski definition) is 6. The number of nitrogens with zero attached hydrogens (tertiary/aromatic N) is 3. The minimum Gasteiger partial charge on any atom is -0.497 e. The van der Waals surface area contributed by atoms with Gasteiger partial charge >= 0.3 is 0 Å². The van der Waals surface area contributed by atoms with E-state index in [0.717, 1.165) is 28.0 Å². The molecule has 8 heteroatoms. The van der Waals surface area contributed by atoms with Crippen LogP contribution in [0.3, 0.4) is 0 Å². The Hall–Kier alpha value is -2.61. The van der Waals surface area contributed by atoms with E-state index in [9.17, 15) is 4.79 Å². The highest BCUT2D eigenvalue weighted by molar-refractivity contribution is 7.19. The molecule has 0 aliphatic heterocycles. The van der Waals surface area contributed by atoms with Gasteiger partial charge < -0.3 is 14.8 Å². The largest absolute Gasteiger partial charge is 0.497 e. The maximum atomic E-state index is 12.5. The van der Waals surface area contributed by atoms with Gasteiger partial charge in [-0.3, -0.25) is 9.20 Å². The van der Waals surface area contributed by atoms with Gasteiger partial charge in [0.25, 0.3) is 5.91 Å². The van der Waals surface area contributed by atoms with E-state index >= 15 is 0 Å². The number of ether oxygens (including phenoxy) is 2. The van der Waals surface area contributed by atoms with Gasteiger partial charge in [-0.2, -0.15) is 0 Å². The van der Waals surface area contributed by atoms with Gasteiger partial charge in [0.15, 0.2) is 0 Å². The van der Waals surface area contributed by atoms with Gasteiger partial charge in [0.05, 0.1) is 13.7 Å². The zero-order valence-electron chi connectivity index (χ0n) is 15.3. The van der Waals surface area contributed by atoms with Crippen LogP contribution >= 0.6 is 11.3 Å². The molecule has 0 bridgehead atoms. The molecule has 3 rings (SSSR count). The van der Waals surface area contributed by atoms with Gasteiger partial charge in [0.2, 0.25) is 4.96 Å². The highest BCUT2D eigenvalue weighted by Gasteiger charge is 2.20. The molecule has 0 aliphatic carbocycles. The number of aryl methyl sites for hydroxylation is 1. The molecule has 0 unspecified atom stereocenters. The predicted octanol–water partition coefficient (Wildman–Crippen LogP) is 3.04. The van der Waals surface area contributed by atoms with Gasteiger partial charge in [-0.25, -0.2) is 0 Å². The minimum absolute atomic E-state index is 0.119. The maximum absolute atomic E-state index is 12.5. The fraction of sp³-hybridized carbons (Fsp3) is 0.389. The number of amides is 1. The van der Waals surface area contributed by atoms with Crippen molar-refractivity contribution >= 4 is 22.2 Å². The fourth-order valence-electron chi connectivity index (χ4n) is 2.60. The number of aromatic nitrogens is 3. The molecule has 0 aliphatic rings. The summed E-state index contributed by atoms with van der Waals surface area (Å²) >= 11 is 1.35. The van der Waals surface area contributed by atoms with Crippen LogP contribution in [0.1, 0.15) is 41.0 Å². The Kier molecular flexibility index (Phi) is 5.41. The number of thiazole rings is 1. The van der Waals surface area contributed by atoms with Crippen LogP contribution in [0.5, 0.6) is 11.5 Å². The van der Waals surface area contributed by atoms with Crippen LogP contribution in [-0.2, 0) is 0 Å². The molecule has 2 heterocycles. The van der Waals surface area contributed by atoms with Gasteiger partial charge in [0, 0.05) is 11.6 Å². The predicted molar refractivity (Wildman–Crippen MR) is 101 cm³/mol. The standard InChI is InChI=1S/C18H22N4O3S/c1-11(2)16-20-21-18-22(16)12(3)15(26-18)17(23)19-9-10-25-14-7-5-13(24-4)6-8-14/h5-8,11H,9-10H2,1-4H3,(H,19,23). The Morgan fingerprint density at radius 1 is 1.23 bits per heavy atom. The first kappa shape index (κ1) is 18.2. The number of rotatable bonds is 7. The lowest BCUT2D eigenvalue weighted by Gasteiger charge is -2.08. The Bertz CT molecular complexity index is 899. The molecular formula is C18H22N4O3S. The van der Waals surface area contributed by atoms with Crippen LogP contribution in [-0.4, -0.2) is 40.8 Å². The summed E-state index contributed by atoms with van der Waals surface area (Å²) in [7, 11) is 1.62. The monoisotopic (exact) mass is 374 g/mol. The summed E-state index contributed by atoms with van der Waals surface area (Å²) in [6.07, 6.45) is 0. The average Bonchev–Trinajstić information content (AvgIpc) is 3.19. The summed E-state index contributed by atoms with van der Waals surface area (Å²) in [6.45, 7) is 6.84. The molecule has 1 aromatic carbocycles. The van der Waals surface area contributed by atoms with Crippen molar-refractivity contribution < 1.29 is 14.3 Å². The third-order valence-electron chi connectivity index (χ3n) is 3.95. The summed E-state index contributed by atoms with van der Waals surface area (Å²) in [5.41, 5.74) is 0.868. The van der Waals surface area contributed by atoms with Crippen molar-refractivity contribution in [3.8, 4) is 11.5 Å². The van der Waals surface area contributed by atoms with Crippen molar-refractivity contribution in [1.29, 1.82) is 0 Å².